The summed E-state index contributed by atoms with van der Waals surface area (Å²) in [6.07, 6.45) is 5.99. The van der Waals surface area contributed by atoms with Gasteiger partial charge in [0, 0.05) is 35.0 Å². The zero-order valence-electron chi connectivity index (χ0n) is 17.0. The fraction of sp³-hybridized carbons (Fsp3) is 0.478. The largest absolute Gasteiger partial charge is 0.329 e. The van der Waals surface area contributed by atoms with Gasteiger partial charge in [-0.2, -0.15) is 0 Å². The first-order valence-electron chi connectivity index (χ1n) is 10.1. The Morgan fingerprint density at radius 1 is 1.11 bits per heavy atom. The number of aromatic nitrogens is 2. The molecule has 1 fully saturated rings. The lowest BCUT2D eigenvalue weighted by Crippen LogP contribution is -2.55. The van der Waals surface area contributed by atoms with Crippen molar-refractivity contribution in [1.82, 2.24) is 9.97 Å². The zero-order valence-corrected chi connectivity index (χ0v) is 17.0. The first-order valence-corrected chi connectivity index (χ1v) is 10.1. The Morgan fingerprint density at radius 2 is 1.81 bits per heavy atom. The van der Waals surface area contributed by atoms with Gasteiger partial charge in [-0.1, -0.05) is 38.1 Å². The summed E-state index contributed by atoms with van der Waals surface area (Å²) in [6.45, 7) is 16.0. The van der Waals surface area contributed by atoms with Crippen molar-refractivity contribution in [2.75, 3.05) is 9.80 Å². The van der Waals surface area contributed by atoms with Crippen LogP contribution in [0.5, 0.6) is 0 Å². The van der Waals surface area contributed by atoms with Gasteiger partial charge in [-0.25, -0.2) is 9.97 Å². The Balaban J connectivity index is 1.88. The summed E-state index contributed by atoms with van der Waals surface area (Å²) in [5.41, 5.74) is 5.46. The van der Waals surface area contributed by atoms with Crippen LogP contribution in [0.3, 0.4) is 0 Å². The Hall–Kier alpha value is -2.36. The molecule has 0 N–H and O–H groups in total. The highest BCUT2D eigenvalue weighted by Gasteiger charge is 2.79. The van der Waals surface area contributed by atoms with Crippen LogP contribution < -0.4 is 9.80 Å². The van der Waals surface area contributed by atoms with E-state index < -0.39 is 0 Å². The van der Waals surface area contributed by atoms with Gasteiger partial charge in [-0.15, -0.1) is 0 Å². The van der Waals surface area contributed by atoms with E-state index in [4.69, 9.17) is 9.97 Å². The monoisotopic (exact) mass is 360 g/mol. The van der Waals surface area contributed by atoms with E-state index in [-0.39, 0.29) is 17.0 Å². The molecule has 1 aromatic carbocycles. The lowest BCUT2D eigenvalue weighted by molar-refractivity contribution is 0.295. The van der Waals surface area contributed by atoms with Crippen molar-refractivity contribution in [3.63, 3.8) is 0 Å². The van der Waals surface area contributed by atoms with Crippen LogP contribution in [0.15, 0.2) is 42.7 Å². The average Bonchev–Trinajstić information content (AvgIpc) is 3.03. The van der Waals surface area contributed by atoms with Gasteiger partial charge in [0.2, 0.25) is 0 Å². The van der Waals surface area contributed by atoms with Crippen molar-refractivity contribution >= 4 is 17.3 Å². The molecule has 3 heterocycles. The van der Waals surface area contributed by atoms with E-state index in [1.807, 2.05) is 12.4 Å². The highest BCUT2D eigenvalue weighted by atomic mass is 15.5. The third-order valence-corrected chi connectivity index (χ3v) is 7.35. The molecule has 1 saturated carbocycles. The fourth-order valence-corrected chi connectivity index (χ4v) is 6.27. The van der Waals surface area contributed by atoms with Crippen LogP contribution >= 0.6 is 0 Å². The number of rotatable bonds is 3. The van der Waals surface area contributed by atoms with Crippen LogP contribution in [0.25, 0.3) is 0 Å². The van der Waals surface area contributed by atoms with Crippen LogP contribution in [0.4, 0.5) is 17.3 Å². The van der Waals surface area contributed by atoms with Crippen molar-refractivity contribution in [2.24, 2.45) is 5.41 Å². The van der Waals surface area contributed by atoms with Crippen molar-refractivity contribution in [2.45, 2.75) is 65.1 Å². The fourth-order valence-electron chi connectivity index (χ4n) is 6.27. The maximum atomic E-state index is 4.79. The third-order valence-electron chi connectivity index (χ3n) is 7.35. The summed E-state index contributed by atoms with van der Waals surface area (Å²) in [7, 11) is 0. The summed E-state index contributed by atoms with van der Waals surface area (Å²) < 4.78 is 0. The molecular weight excluding hydrogens is 332 g/mol. The molecule has 3 unspecified atom stereocenters. The van der Waals surface area contributed by atoms with Crippen molar-refractivity contribution < 1.29 is 0 Å². The Morgan fingerprint density at radius 3 is 2.44 bits per heavy atom. The number of aryl methyl sites for hydroxylation is 1. The molecule has 3 atom stereocenters. The molecular formula is C23H28N4. The lowest BCUT2D eigenvalue weighted by atomic mass is 9.75. The molecule has 0 saturated heterocycles. The summed E-state index contributed by atoms with van der Waals surface area (Å²) in [5.74, 6) is 1.99. The lowest BCUT2D eigenvalue weighted by Gasteiger charge is -2.46. The molecule has 0 spiro atoms. The number of fused-ring (bicyclic) bond motifs is 8. The molecule has 3 aliphatic rings. The highest BCUT2D eigenvalue weighted by Crippen LogP contribution is 2.80. The van der Waals surface area contributed by atoms with E-state index in [1.165, 1.54) is 22.4 Å². The molecule has 1 aromatic heterocycles. The maximum Gasteiger partial charge on any atom is 0.178 e. The number of benzene rings is 1. The molecule has 2 aromatic rings. The van der Waals surface area contributed by atoms with E-state index >= 15 is 0 Å². The van der Waals surface area contributed by atoms with Crippen LogP contribution in [0, 0.1) is 12.3 Å². The first-order chi connectivity index (χ1) is 13.0. The number of nitrogens with zero attached hydrogens (tertiary/aromatic N) is 4. The standard InChI is InChI=1S/C23H28N4/c1-7-22-16(6)23(22,8-2)21-26(14(3)4)19-20(25-12-11-24-19)27(21)18-13-15(5)9-10-17(18)22/h9-14,21H,6-8H2,1-5H3. The summed E-state index contributed by atoms with van der Waals surface area (Å²) in [4.78, 5) is 14.5. The molecule has 5 rings (SSSR count). The Labute approximate surface area is 161 Å². The Bertz CT molecular complexity index is 965. The normalized spacial score (nSPS) is 30.1. The van der Waals surface area contributed by atoms with Gasteiger partial charge >= 0.3 is 0 Å². The van der Waals surface area contributed by atoms with Crippen LogP contribution in [-0.4, -0.2) is 22.2 Å². The van der Waals surface area contributed by atoms with Crippen LogP contribution in [-0.2, 0) is 5.41 Å². The minimum absolute atomic E-state index is 0.0384. The van der Waals surface area contributed by atoms with Gasteiger partial charge in [0.15, 0.2) is 11.6 Å². The second kappa shape index (κ2) is 5.12. The van der Waals surface area contributed by atoms with Crippen molar-refractivity contribution in [3.05, 3.63) is 53.9 Å². The first kappa shape index (κ1) is 16.8. The Kier molecular flexibility index (Phi) is 3.18. The minimum Gasteiger partial charge on any atom is -0.329 e. The van der Waals surface area contributed by atoms with Gasteiger partial charge < -0.3 is 9.80 Å². The predicted molar refractivity (Wildman–Crippen MR) is 111 cm³/mol. The maximum absolute atomic E-state index is 4.79. The summed E-state index contributed by atoms with van der Waals surface area (Å²) in [5, 5.41) is 0. The topological polar surface area (TPSA) is 32.3 Å². The molecule has 0 radical (unpaired) electrons. The molecule has 0 amide bonds. The second-order valence-corrected chi connectivity index (χ2v) is 8.53. The third kappa shape index (κ3) is 1.62. The molecule has 140 valence electrons. The van der Waals surface area contributed by atoms with Crippen molar-refractivity contribution in [1.29, 1.82) is 0 Å². The van der Waals surface area contributed by atoms with Crippen LogP contribution in [0.1, 0.15) is 51.7 Å². The van der Waals surface area contributed by atoms with E-state index in [9.17, 15) is 0 Å². The predicted octanol–water partition coefficient (Wildman–Crippen LogP) is 5.11. The van der Waals surface area contributed by atoms with E-state index in [0.717, 1.165) is 24.5 Å². The minimum atomic E-state index is 0.0384. The van der Waals surface area contributed by atoms with E-state index in [2.05, 4.69) is 69.2 Å². The van der Waals surface area contributed by atoms with Crippen LogP contribution in [0.2, 0.25) is 0 Å². The zero-order chi connectivity index (χ0) is 19.1. The highest BCUT2D eigenvalue weighted by molar-refractivity contribution is 5.87. The van der Waals surface area contributed by atoms with E-state index in [0.29, 0.717) is 6.04 Å². The molecule has 2 aliphatic heterocycles. The van der Waals surface area contributed by atoms with Gasteiger partial charge in [-0.3, -0.25) is 0 Å². The van der Waals surface area contributed by atoms with Gasteiger partial charge in [0.1, 0.15) is 6.17 Å². The van der Waals surface area contributed by atoms with E-state index in [1.54, 1.807) is 0 Å². The number of hydrogen-bond acceptors (Lipinski definition) is 4. The second-order valence-electron chi connectivity index (χ2n) is 8.53. The van der Waals surface area contributed by atoms with Gasteiger partial charge in [-0.05, 0) is 50.8 Å². The van der Waals surface area contributed by atoms with Gasteiger partial charge in [0.25, 0.3) is 0 Å². The quantitative estimate of drug-likeness (QED) is 0.713. The summed E-state index contributed by atoms with van der Waals surface area (Å²) >= 11 is 0. The number of anilines is 3. The summed E-state index contributed by atoms with van der Waals surface area (Å²) in [6, 6.07) is 7.25. The van der Waals surface area contributed by atoms with Crippen molar-refractivity contribution in [3.8, 4) is 0 Å². The molecule has 1 aliphatic carbocycles. The molecule has 27 heavy (non-hydrogen) atoms. The molecule has 4 heteroatoms. The smallest absolute Gasteiger partial charge is 0.178 e. The number of hydrogen-bond donors (Lipinski definition) is 0. The average molecular weight is 361 g/mol. The van der Waals surface area contributed by atoms with Gasteiger partial charge in [0.05, 0.1) is 0 Å². The molecule has 4 nitrogen and oxygen atoms in total. The molecule has 0 bridgehead atoms. The SMILES string of the molecule is C=C1C2(CC)c3ccc(C)cc3N3c4nccnc4N(C(C)C)C3C12CC.